The molecule has 0 bridgehead atoms. The summed E-state index contributed by atoms with van der Waals surface area (Å²) >= 11 is 0. The number of hydrogen-bond donors (Lipinski definition) is 2. The zero-order chi connectivity index (χ0) is 17.6. The van der Waals surface area contributed by atoms with Crippen LogP contribution in [0.25, 0.3) is 0 Å². The lowest BCUT2D eigenvalue weighted by molar-refractivity contribution is -0.124. The molecule has 5 nitrogen and oxygen atoms in total. The van der Waals surface area contributed by atoms with Crippen molar-refractivity contribution in [3.05, 3.63) is 53.6 Å². The number of nitrogens with one attached hydrogen (secondary N) is 1. The van der Waals surface area contributed by atoms with Crippen LogP contribution in [0.15, 0.2) is 48.1 Å². The predicted octanol–water partition coefficient (Wildman–Crippen LogP) is 2.67. The van der Waals surface area contributed by atoms with Crippen molar-refractivity contribution in [2.75, 3.05) is 19.0 Å². The fraction of sp³-hybridized carbons (Fsp3) is 0.294. The fourth-order valence-electron chi connectivity index (χ4n) is 1.98. The highest BCUT2D eigenvalue weighted by molar-refractivity contribution is 6.03. The molecule has 0 aliphatic rings. The molecule has 0 aliphatic carbocycles. The summed E-state index contributed by atoms with van der Waals surface area (Å²) in [5, 5.41) is 8.38. The SMILES string of the molecule is CC(C=CC(=O)NO)=CC(C)(F)C(=O)c1ccc(N(C)C)cc1. The van der Waals surface area contributed by atoms with Gasteiger partial charge in [0.15, 0.2) is 5.67 Å². The monoisotopic (exact) mass is 320 g/mol. The number of allylic oxidation sites excluding steroid dienone is 3. The number of carbonyl (C=O) groups is 2. The zero-order valence-corrected chi connectivity index (χ0v) is 13.6. The number of amides is 1. The molecule has 1 aromatic rings. The van der Waals surface area contributed by atoms with E-state index in [1.54, 1.807) is 31.2 Å². The maximum atomic E-state index is 14.7. The van der Waals surface area contributed by atoms with Crippen molar-refractivity contribution in [3.63, 3.8) is 0 Å². The van der Waals surface area contributed by atoms with Gasteiger partial charge in [-0.3, -0.25) is 14.8 Å². The summed E-state index contributed by atoms with van der Waals surface area (Å²) < 4.78 is 14.7. The van der Waals surface area contributed by atoms with Crippen LogP contribution in [0.2, 0.25) is 0 Å². The third kappa shape index (κ3) is 5.34. The van der Waals surface area contributed by atoms with E-state index in [-0.39, 0.29) is 5.56 Å². The second-order valence-electron chi connectivity index (χ2n) is 5.54. The second kappa shape index (κ2) is 7.69. The number of halogens is 1. The molecule has 1 unspecified atom stereocenters. The molecule has 1 aromatic carbocycles. The first-order valence-corrected chi connectivity index (χ1v) is 7.00. The Morgan fingerprint density at radius 2 is 1.78 bits per heavy atom. The van der Waals surface area contributed by atoms with Crippen LogP contribution in [0, 0.1) is 0 Å². The third-order valence-electron chi connectivity index (χ3n) is 3.20. The standard InChI is InChI=1S/C17H21FN2O3/c1-12(5-10-15(21)19-23)11-17(2,18)16(22)13-6-8-14(9-7-13)20(3)4/h5-11,23H,1-4H3,(H,19,21). The molecule has 0 saturated carbocycles. The fourth-order valence-corrected chi connectivity index (χ4v) is 1.98. The molecule has 0 radical (unpaired) electrons. The summed E-state index contributed by atoms with van der Waals surface area (Å²) in [4.78, 5) is 25.1. The Balaban J connectivity index is 2.95. The normalized spacial score (nSPS) is 14.4. The number of alkyl halides is 1. The average molecular weight is 320 g/mol. The van der Waals surface area contributed by atoms with Gasteiger partial charge < -0.3 is 4.90 Å². The van der Waals surface area contributed by atoms with Crippen molar-refractivity contribution in [2.24, 2.45) is 0 Å². The molecule has 0 saturated heterocycles. The number of carbonyl (C=O) groups excluding carboxylic acids is 2. The van der Waals surface area contributed by atoms with Crippen molar-refractivity contribution < 1.29 is 19.2 Å². The van der Waals surface area contributed by atoms with Crippen LogP contribution in [-0.4, -0.2) is 36.7 Å². The van der Waals surface area contributed by atoms with Crippen LogP contribution < -0.4 is 10.4 Å². The van der Waals surface area contributed by atoms with Gasteiger partial charge in [0.1, 0.15) is 0 Å². The number of rotatable bonds is 6. The van der Waals surface area contributed by atoms with Crippen LogP contribution in [0.5, 0.6) is 0 Å². The maximum absolute atomic E-state index is 14.7. The molecule has 2 N–H and O–H groups in total. The highest BCUT2D eigenvalue weighted by atomic mass is 19.1. The first kappa shape index (κ1) is 18.6. The Morgan fingerprint density at radius 1 is 1.22 bits per heavy atom. The minimum atomic E-state index is -2.20. The first-order valence-electron chi connectivity index (χ1n) is 7.00. The minimum absolute atomic E-state index is 0.265. The summed E-state index contributed by atoms with van der Waals surface area (Å²) in [6, 6.07) is 6.64. The van der Waals surface area contributed by atoms with Crippen LogP contribution in [0.4, 0.5) is 10.1 Å². The number of Topliss-reactive ketones (excluding diaryl/α,β-unsaturated/α-hetero) is 1. The van der Waals surface area contributed by atoms with E-state index in [0.717, 1.165) is 17.8 Å². The summed E-state index contributed by atoms with van der Waals surface area (Å²) in [6.07, 6.45) is 3.49. The Morgan fingerprint density at radius 3 is 2.26 bits per heavy atom. The predicted molar refractivity (Wildman–Crippen MR) is 87.4 cm³/mol. The Kier molecular flexibility index (Phi) is 6.21. The third-order valence-corrected chi connectivity index (χ3v) is 3.20. The van der Waals surface area contributed by atoms with Crippen molar-refractivity contribution in [3.8, 4) is 0 Å². The van der Waals surface area contributed by atoms with Gasteiger partial charge in [-0.25, -0.2) is 9.87 Å². The summed E-state index contributed by atoms with van der Waals surface area (Å²) in [6.45, 7) is 2.72. The number of ketones is 1. The van der Waals surface area contributed by atoms with Gasteiger partial charge in [0.2, 0.25) is 5.78 Å². The number of anilines is 1. The van der Waals surface area contributed by atoms with Crippen LogP contribution in [0.1, 0.15) is 24.2 Å². The van der Waals surface area contributed by atoms with Crippen molar-refractivity contribution >= 4 is 17.4 Å². The molecule has 0 fully saturated rings. The average Bonchev–Trinajstić information content (AvgIpc) is 2.51. The van der Waals surface area contributed by atoms with E-state index in [2.05, 4.69) is 0 Å². The number of benzene rings is 1. The topological polar surface area (TPSA) is 69.6 Å². The van der Waals surface area contributed by atoms with Gasteiger partial charge in [0.05, 0.1) is 0 Å². The number of nitrogens with zero attached hydrogens (tertiary/aromatic N) is 1. The lowest BCUT2D eigenvalue weighted by Crippen LogP contribution is -2.28. The summed E-state index contributed by atoms with van der Waals surface area (Å²) in [7, 11) is 3.74. The van der Waals surface area contributed by atoms with Gasteiger partial charge in [0.25, 0.3) is 5.91 Å². The largest absolute Gasteiger partial charge is 0.378 e. The van der Waals surface area contributed by atoms with Crippen LogP contribution in [0.3, 0.4) is 0 Å². The molecule has 0 spiro atoms. The van der Waals surface area contributed by atoms with Gasteiger partial charge in [0, 0.05) is 31.4 Å². The van der Waals surface area contributed by atoms with E-state index in [9.17, 15) is 14.0 Å². The molecular weight excluding hydrogens is 299 g/mol. The molecule has 1 atom stereocenters. The Hall–Kier alpha value is -2.47. The molecule has 1 rings (SSSR count). The molecule has 0 heterocycles. The highest BCUT2D eigenvalue weighted by Crippen LogP contribution is 2.23. The smallest absolute Gasteiger partial charge is 0.267 e. The van der Waals surface area contributed by atoms with E-state index in [1.807, 2.05) is 19.0 Å². The lowest BCUT2D eigenvalue weighted by atomic mass is 9.94. The first-order chi connectivity index (χ1) is 10.7. The van der Waals surface area contributed by atoms with Crippen LogP contribution in [-0.2, 0) is 4.79 Å². The van der Waals surface area contributed by atoms with Crippen LogP contribution >= 0.6 is 0 Å². The molecule has 1 amide bonds. The number of hydrogen-bond acceptors (Lipinski definition) is 4. The van der Waals surface area contributed by atoms with Crippen molar-refractivity contribution in [2.45, 2.75) is 19.5 Å². The van der Waals surface area contributed by atoms with Crippen molar-refractivity contribution in [1.29, 1.82) is 0 Å². The van der Waals surface area contributed by atoms with E-state index in [0.29, 0.717) is 5.57 Å². The van der Waals surface area contributed by atoms with Gasteiger partial charge in [-0.05, 0) is 44.2 Å². The van der Waals surface area contributed by atoms with Gasteiger partial charge in [-0.15, -0.1) is 0 Å². The summed E-state index contributed by atoms with van der Waals surface area (Å²) in [5.74, 6) is -1.40. The number of hydroxylamine groups is 1. The van der Waals surface area contributed by atoms with Gasteiger partial charge in [-0.2, -0.15) is 0 Å². The van der Waals surface area contributed by atoms with Gasteiger partial charge >= 0.3 is 0 Å². The van der Waals surface area contributed by atoms with E-state index in [1.165, 1.54) is 18.5 Å². The quantitative estimate of drug-likeness (QED) is 0.278. The highest BCUT2D eigenvalue weighted by Gasteiger charge is 2.31. The van der Waals surface area contributed by atoms with E-state index in [4.69, 9.17) is 5.21 Å². The molecule has 124 valence electrons. The zero-order valence-electron chi connectivity index (χ0n) is 13.6. The molecule has 23 heavy (non-hydrogen) atoms. The second-order valence-corrected chi connectivity index (χ2v) is 5.54. The van der Waals surface area contributed by atoms with Gasteiger partial charge in [-0.1, -0.05) is 11.6 Å². The van der Waals surface area contributed by atoms with Crippen molar-refractivity contribution in [1.82, 2.24) is 5.48 Å². The molecule has 0 aromatic heterocycles. The Bertz CT molecular complexity index is 632. The molecule has 0 aliphatic heterocycles. The maximum Gasteiger partial charge on any atom is 0.267 e. The minimum Gasteiger partial charge on any atom is -0.378 e. The molecular formula is C17H21FN2O3. The summed E-state index contributed by atoms with van der Waals surface area (Å²) in [5.41, 5.74) is 0.784. The lowest BCUT2D eigenvalue weighted by Gasteiger charge is -2.17. The Labute approximate surface area is 135 Å². The van der Waals surface area contributed by atoms with E-state index >= 15 is 0 Å². The molecule has 6 heteroatoms. The van der Waals surface area contributed by atoms with E-state index < -0.39 is 17.4 Å².